The number of likely N-dealkylation sites (tertiary alicyclic amines) is 1. The van der Waals surface area contributed by atoms with E-state index in [1.165, 1.54) is 12.8 Å². The van der Waals surface area contributed by atoms with Gasteiger partial charge in [-0.2, -0.15) is 0 Å². The second-order valence-electron chi connectivity index (χ2n) is 15.0. The molecule has 0 aliphatic carbocycles. The molecule has 6 nitrogen and oxygen atoms in total. The van der Waals surface area contributed by atoms with E-state index in [0.717, 1.165) is 39.0 Å². The van der Waals surface area contributed by atoms with Crippen LogP contribution in [0.5, 0.6) is 0 Å². The lowest BCUT2D eigenvalue weighted by atomic mass is 9.77. The average molecular weight is 511 g/mol. The van der Waals surface area contributed by atoms with E-state index >= 15 is 0 Å². The highest BCUT2D eigenvalue weighted by Crippen LogP contribution is 2.34. The molecule has 1 heterocycles. The predicted octanol–water partition coefficient (Wildman–Crippen LogP) is 6.18. The van der Waals surface area contributed by atoms with Crippen LogP contribution in [0.3, 0.4) is 0 Å². The highest BCUT2D eigenvalue weighted by Gasteiger charge is 2.28. The molecule has 0 aromatic heterocycles. The number of esters is 2. The molecule has 6 heteroatoms. The normalized spacial score (nSPS) is 16.0. The van der Waals surface area contributed by atoms with Crippen molar-refractivity contribution in [3.05, 3.63) is 0 Å². The molecular formula is C30H58N2O4. The Kier molecular flexibility index (Phi) is 12.9. The van der Waals surface area contributed by atoms with Gasteiger partial charge in [-0.25, -0.2) is 0 Å². The second-order valence-corrected chi connectivity index (χ2v) is 15.0. The SMILES string of the molecule is CC(C)(C)CC(C)(C)COC(=O)CCN(CCC(=O)OCC(C)(C)CC(C)(C)C)CCN1CCCC1. The highest BCUT2D eigenvalue weighted by atomic mass is 16.5. The van der Waals surface area contributed by atoms with Crippen LogP contribution in [0.25, 0.3) is 0 Å². The molecule has 212 valence electrons. The van der Waals surface area contributed by atoms with E-state index < -0.39 is 0 Å². The van der Waals surface area contributed by atoms with Gasteiger partial charge in [0.05, 0.1) is 26.1 Å². The monoisotopic (exact) mass is 510 g/mol. The summed E-state index contributed by atoms with van der Waals surface area (Å²) >= 11 is 0. The van der Waals surface area contributed by atoms with Crippen molar-refractivity contribution in [2.75, 3.05) is 52.5 Å². The first-order valence-electron chi connectivity index (χ1n) is 14.1. The molecular weight excluding hydrogens is 452 g/mol. The lowest BCUT2D eigenvalue weighted by Crippen LogP contribution is -2.37. The molecule has 0 bridgehead atoms. The zero-order valence-corrected chi connectivity index (χ0v) is 25.4. The third kappa shape index (κ3) is 16.6. The standard InChI is InChI=1S/C30H58N2O4/c1-27(2,3)21-29(7,8)23-35-25(33)13-17-32(20-19-31-15-11-12-16-31)18-14-26(34)36-24-30(9,10)22-28(4,5)6/h11-24H2,1-10H3. The van der Waals surface area contributed by atoms with Crippen LogP contribution < -0.4 is 0 Å². The smallest absolute Gasteiger partial charge is 0.307 e. The molecule has 0 saturated carbocycles. The first-order chi connectivity index (χ1) is 16.4. The van der Waals surface area contributed by atoms with E-state index in [4.69, 9.17) is 9.47 Å². The van der Waals surface area contributed by atoms with Crippen molar-refractivity contribution < 1.29 is 19.1 Å². The summed E-state index contributed by atoms with van der Waals surface area (Å²) < 4.78 is 11.3. The van der Waals surface area contributed by atoms with Crippen LogP contribution in [-0.4, -0.2) is 74.2 Å². The maximum absolute atomic E-state index is 12.5. The topological polar surface area (TPSA) is 59.1 Å². The Morgan fingerprint density at radius 2 is 1.06 bits per heavy atom. The van der Waals surface area contributed by atoms with E-state index in [1.807, 2.05) is 0 Å². The minimum atomic E-state index is -0.158. The quantitative estimate of drug-likeness (QED) is 0.245. The van der Waals surface area contributed by atoms with Gasteiger partial charge in [0.1, 0.15) is 0 Å². The van der Waals surface area contributed by atoms with E-state index in [0.29, 0.717) is 39.1 Å². The fourth-order valence-corrected chi connectivity index (χ4v) is 5.79. The molecule has 0 atom stereocenters. The summed E-state index contributed by atoms with van der Waals surface area (Å²) in [6, 6.07) is 0. The largest absolute Gasteiger partial charge is 0.465 e. The summed E-state index contributed by atoms with van der Waals surface area (Å²) in [5, 5.41) is 0. The Hall–Kier alpha value is -1.14. The fraction of sp³-hybridized carbons (Fsp3) is 0.933. The van der Waals surface area contributed by atoms with Crippen LogP contribution in [0, 0.1) is 21.7 Å². The summed E-state index contributed by atoms with van der Waals surface area (Å²) in [6.07, 6.45) is 5.19. The maximum Gasteiger partial charge on any atom is 0.307 e. The van der Waals surface area contributed by atoms with Crippen LogP contribution in [-0.2, 0) is 19.1 Å². The zero-order valence-electron chi connectivity index (χ0n) is 25.4. The molecule has 0 aromatic rings. The molecule has 0 spiro atoms. The summed E-state index contributed by atoms with van der Waals surface area (Å²) in [7, 11) is 0. The Morgan fingerprint density at radius 1 is 0.667 bits per heavy atom. The minimum absolute atomic E-state index is 0.0477. The van der Waals surface area contributed by atoms with Crippen molar-refractivity contribution in [1.29, 1.82) is 0 Å². The van der Waals surface area contributed by atoms with Gasteiger partial charge in [-0.05, 0) is 60.4 Å². The zero-order chi connectivity index (χ0) is 27.6. The van der Waals surface area contributed by atoms with Gasteiger partial charge >= 0.3 is 11.9 Å². The number of rotatable bonds is 15. The van der Waals surface area contributed by atoms with Gasteiger partial charge in [-0.3, -0.25) is 9.59 Å². The molecule has 0 unspecified atom stereocenters. The van der Waals surface area contributed by atoms with Gasteiger partial charge in [0.2, 0.25) is 0 Å². The summed E-state index contributed by atoms with van der Waals surface area (Å²) in [5.74, 6) is -0.315. The molecule has 0 amide bonds. The number of carbonyl (C=O) groups is 2. The van der Waals surface area contributed by atoms with Crippen LogP contribution in [0.15, 0.2) is 0 Å². The van der Waals surface area contributed by atoms with Crippen molar-refractivity contribution in [3.8, 4) is 0 Å². The van der Waals surface area contributed by atoms with Crippen LogP contribution in [0.2, 0.25) is 0 Å². The Bertz CT molecular complexity index is 619. The Balaban J connectivity index is 2.53. The minimum Gasteiger partial charge on any atom is -0.465 e. The molecule has 1 fully saturated rings. The third-order valence-corrected chi connectivity index (χ3v) is 6.46. The maximum atomic E-state index is 12.5. The molecule has 36 heavy (non-hydrogen) atoms. The molecule has 1 rings (SSSR count). The van der Waals surface area contributed by atoms with Crippen molar-refractivity contribution >= 4 is 11.9 Å². The molecule has 0 aromatic carbocycles. The average Bonchev–Trinajstić information content (AvgIpc) is 3.20. The van der Waals surface area contributed by atoms with E-state index in [9.17, 15) is 9.59 Å². The first kappa shape index (κ1) is 32.9. The molecule has 0 N–H and O–H groups in total. The van der Waals surface area contributed by atoms with Crippen molar-refractivity contribution in [2.45, 2.75) is 108 Å². The molecule has 1 saturated heterocycles. The summed E-state index contributed by atoms with van der Waals surface area (Å²) in [5.41, 5.74) is 0.291. The number of carbonyl (C=O) groups excluding carboxylic acids is 2. The highest BCUT2D eigenvalue weighted by molar-refractivity contribution is 5.70. The van der Waals surface area contributed by atoms with Crippen LogP contribution in [0.1, 0.15) is 108 Å². The molecule has 1 aliphatic rings. The van der Waals surface area contributed by atoms with Crippen molar-refractivity contribution in [3.63, 3.8) is 0 Å². The third-order valence-electron chi connectivity index (χ3n) is 6.46. The van der Waals surface area contributed by atoms with E-state index in [-0.39, 0.29) is 33.6 Å². The van der Waals surface area contributed by atoms with Gasteiger partial charge in [0.25, 0.3) is 0 Å². The van der Waals surface area contributed by atoms with Gasteiger partial charge in [-0.15, -0.1) is 0 Å². The first-order valence-corrected chi connectivity index (χ1v) is 14.1. The van der Waals surface area contributed by atoms with E-state index in [1.54, 1.807) is 0 Å². The van der Waals surface area contributed by atoms with Crippen molar-refractivity contribution in [2.24, 2.45) is 21.7 Å². The van der Waals surface area contributed by atoms with E-state index in [2.05, 4.69) is 79.0 Å². The summed E-state index contributed by atoms with van der Waals surface area (Å²) in [6.45, 7) is 28.1. The Morgan fingerprint density at radius 3 is 1.42 bits per heavy atom. The molecule has 1 aliphatic heterocycles. The van der Waals surface area contributed by atoms with Crippen LogP contribution in [0.4, 0.5) is 0 Å². The van der Waals surface area contributed by atoms with Gasteiger partial charge in [-0.1, -0.05) is 69.2 Å². The lowest BCUT2D eigenvalue weighted by Gasteiger charge is -2.32. The van der Waals surface area contributed by atoms with Gasteiger partial charge in [0, 0.05) is 26.2 Å². The van der Waals surface area contributed by atoms with Gasteiger partial charge in [0.15, 0.2) is 0 Å². The number of hydrogen-bond acceptors (Lipinski definition) is 6. The second kappa shape index (κ2) is 14.1. The van der Waals surface area contributed by atoms with Gasteiger partial charge < -0.3 is 19.3 Å². The predicted molar refractivity (Wildman–Crippen MR) is 149 cm³/mol. The fourth-order valence-electron chi connectivity index (χ4n) is 5.79. The Labute approximate surface area is 222 Å². The lowest BCUT2D eigenvalue weighted by molar-refractivity contribution is -0.148. The molecule has 0 radical (unpaired) electrons. The number of nitrogens with zero attached hydrogens (tertiary/aromatic N) is 2. The van der Waals surface area contributed by atoms with Crippen molar-refractivity contribution in [1.82, 2.24) is 9.80 Å². The van der Waals surface area contributed by atoms with Crippen LogP contribution >= 0.6 is 0 Å². The summed E-state index contributed by atoms with van der Waals surface area (Å²) in [4.78, 5) is 29.8. The number of ether oxygens (including phenoxy) is 2. The number of hydrogen-bond donors (Lipinski definition) is 0.